The molecule has 0 fully saturated rings. The molecule has 0 bridgehead atoms. The van der Waals surface area contributed by atoms with Gasteiger partial charge in [-0.2, -0.15) is 0 Å². The first-order chi connectivity index (χ1) is 11.6. The van der Waals surface area contributed by atoms with E-state index >= 15 is 0 Å². The van der Waals surface area contributed by atoms with E-state index in [0.717, 1.165) is 10.9 Å². The predicted octanol–water partition coefficient (Wildman–Crippen LogP) is 2.31. The van der Waals surface area contributed by atoms with Gasteiger partial charge in [0.05, 0.1) is 10.9 Å². The van der Waals surface area contributed by atoms with Crippen molar-refractivity contribution in [2.75, 3.05) is 18.4 Å². The Labute approximate surface area is 138 Å². The summed E-state index contributed by atoms with van der Waals surface area (Å²) in [6.45, 7) is 2.50. The van der Waals surface area contributed by atoms with Gasteiger partial charge in [0.2, 0.25) is 0 Å². The number of carbonyl (C=O) groups is 1. The van der Waals surface area contributed by atoms with Crippen molar-refractivity contribution < 1.29 is 9.18 Å². The van der Waals surface area contributed by atoms with Crippen molar-refractivity contribution in [2.45, 2.75) is 6.92 Å². The molecule has 0 saturated heterocycles. The summed E-state index contributed by atoms with van der Waals surface area (Å²) < 4.78 is 13.5. The summed E-state index contributed by atoms with van der Waals surface area (Å²) in [4.78, 5) is 24.4. The Kier molecular flexibility index (Phi) is 4.60. The van der Waals surface area contributed by atoms with Gasteiger partial charge < -0.3 is 10.6 Å². The van der Waals surface area contributed by atoms with Crippen LogP contribution in [0.1, 0.15) is 15.9 Å². The van der Waals surface area contributed by atoms with Crippen LogP contribution >= 0.6 is 0 Å². The molecule has 24 heavy (non-hydrogen) atoms. The zero-order chi connectivity index (χ0) is 16.9. The molecule has 1 amide bonds. The zero-order valence-electron chi connectivity index (χ0n) is 13.1. The lowest BCUT2D eigenvalue weighted by Gasteiger charge is -2.09. The molecule has 3 aromatic rings. The van der Waals surface area contributed by atoms with Gasteiger partial charge >= 0.3 is 0 Å². The SMILES string of the molecule is Cc1ccc(C(=O)NCCNc2ncnc3ccncc23)cc1F. The van der Waals surface area contributed by atoms with E-state index in [-0.39, 0.29) is 11.7 Å². The third kappa shape index (κ3) is 3.45. The maximum atomic E-state index is 13.5. The lowest BCUT2D eigenvalue weighted by atomic mass is 10.1. The number of aromatic nitrogens is 3. The Balaban J connectivity index is 1.56. The highest BCUT2D eigenvalue weighted by Crippen LogP contribution is 2.16. The second-order valence-corrected chi connectivity index (χ2v) is 5.26. The monoisotopic (exact) mass is 325 g/mol. The molecule has 0 radical (unpaired) electrons. The standard InChI is InChI=1S/C17H16FN5O/c1-11-2-3-12(8-14(11)18)17(24)21-7-6-20-16-13-9-19-5-4-15(13)22-10-23-16/h2-5,8-10H,6-7H2,1H3,(H,21,24)(H,20,22,23). The van der Waals surface area contributed by atoms with Crippen molar-refractivity contribution in [3.05, 3.63) is 59.9 Å². The van der Waals surface area contributed by atoms with Gasteiger partial charge in [0, 0.05) is 31.0 Å². The van der Waals surface area contributed by atoms with E-state index in [2.05, 4.69) is 25.6 Å². The van der Waals surface area contributed by atoms with Crippen LogP contribution in [0.3, 0.4) is 0 Å². The van der Waals surface area contributed by atoms with Crippen molar-refractivity contribution in [3.8, 4) is 0 Å². The molecule has 3 rings (SSSR count). The van der Waals surface area contributed by atoms with Crippen LogP contribution in [0.25, 0.3) is 10.9 Å². The van der Waals surface area contributed by atoms with Crippen LogP contribution in [0.15, 0.2) is 43.0 Å². The Morgan fingerprint density at radius 3 is 2.92 bits per heavy atom. The Bertz CT molecular complexity index is 878. The van der Waals surface area contributed by atoms with Gasteiger partial charge in [0.15, 0.2) is 0 Å². The number of carbonyl (C=O) groups excluding carboxylic acids is 1. The highest BCUT2D eigenvalue weighted by atomic mass is 19.1. The summed E-state index contributed by atoms with van der Waals surface area (Å²) in [5.41, 5.74) is 1.61. The number of halogens is 1. The molecule has 2 aromatic heterocycles. The molecule has 2 heterocycles. The number of benzene rings is 1. The molecule has 0 unspecified atom stereocenters. The molecule has 7 heteroatoms. The minimum atomic E-state index is -0.388. The lowest BCUT2D eigenvalue weighted by molar-refractivity contribution is 0.0954. The van der Waals surface area contributed by atoms with E-state index in [4.69, 9.17) is 0 Å². The predicted molar refractivity (Wildman–Crippen MR) is 89.3 cm³/mol. The molecule has 0 atom stereocenters. The molecule has 0 saturated carbocycles. The summed E-state index contributed by atoms with van der Waals surface area (Å²) >= 11 is 0. The first-order valence-corrected chi connectivity index (χ1v) is 7.48. The minimum Gasteiger partial charge on any atom is -0.368 e. The Hall–Kier alpha value is -3.09. The highest BCUT2D eigenvalue weighted by molar-refractivity contribution is 5.94. The molecule has 0 aliphatic rings. The maximum absolute atomic E-state index is 13.5. The fourth-order valence-corrected chi connectivity index (χ4v) is 2.23. The van der Waals surface area contributed by atoms with E-state index in [0.29, 0.717) is 30.0 Å². The van der Waals surface area contributed by atoms with Crippen molar-refractivity contribution >= 4 is 22.6 Å². The maximum Gasteiger partial charge on any atom is 0.251 e. The normalized spacial score (nSPS) is 10.6. The third-order valence-electron chi connectivity index (χ3n) is 3.57. The molecule has 1 aromatic carbocycles. The van der Waals surface area contributed by atoms with E-state index in [1.807, 2.05) is 0 Å². The summed E-state index contributed by atoms with van der Waals surface area (Å²) in [7, 11) is 0. The quantitative estimate of drug-likeness (QED) is 0.704. The van der Waals surface area contributed by atoms with Crippen molar-refractivity contribution in [1.29, 1.82) is 0 Å². The fraction of sp³-hybridized carbons (Fsp3) is 0.176. The second-order valence-electron chi connectivity index (χ2n) is 5.26. The number of pyridine rings is 1. The lowest BCUT2D eigenvalue weighted by Crippen LogP contribution is -2.29. The van der Waals surface area contributed by atoms with Gasteiger partial charge in [-0.25, -0.2) is 14.4 Å². The topological polar surface area (TPSA) is 79.8 Å². The van der Waals surface area contributed by atoms with Crippen molar-refractivity contribution in [3.63, 3.8) is 0 Å². The van der Waals surface area contributed by atoms with Crippen LogP contribution < -0.4 is 10.6 Å². The first-order valence-electron chi connectivity index (χ1n) is 7.48. The van der Waals surface area contributed by atoms with Crippen LogP contribution in [-0.2, 0) is 0 Å². The van der Waals surface area contributed by atoms with Gasteiger partial charge in [-0.3, -0.25) is 9.78 Å². The summed E-state index contributed by atoms with van der Waals surface area (Å²) in [6.07, 6.45) is 4.82. The highest BCUT2D eigenvalue weighted by Gasteiger charge is 2.08. The van der Waals surface area contributed by atoms with Crippen LogP contribution in [-0.4, -0.2) is 33.9 Å². The summed E-state index contributed by atoms with van der Waals surface area (Å²) in [5.74, 6) is -0.0469. The molecule has 0 aliphatic carbocycles. The van der Waals surface area contributed by atoms with E-state index in [9.17, 15) is 9.18 Å². The van der Waals surface area contributed by atoms with Gasteiger partial charge in [-0.15, -0.1) is 0 Å². The van der Waals surface area contributed by atoms with Crippen LogP contribution in [0.2, 0.25) is 0 Å². The van der Waals surface area contributed by atoms with Crippen LogP contribution in [0, 0.1) is 12.7 Å². The first kappa shape index (κ1) is 15.8. The molecular formula is C17H16FN5O. The second kappa shape index (κ2) is 6.99. The average molecular weight is 325 g/mol. The van der Waals surface area contributed by atoms with Crippen LogP contribution in [0.4, 0.5) is 10.2 Å². The van der Waals surface area contributed by atoms with E-state index in [1.165, 1.54) is 12.4 Å². The van der Waals surface area contributed by atoms with Crippen molar-refractivity contribution in [1.82, 2.24) is 20.3 Å². The summed E-state index contributed by atoms with van der Waals surface area (Å²) in [5, 5.41) is 6.68. The minimum absolute atomic E-state index is 0.301. The zero-order valence-corrected chi connectivity index (χ0v) is 13.1. The Morgan fingerprint density at radius 1 is 1.21 bits per heavy atom. The number of anilines is 1. The number of hydrogen-bond donors (Lipinski definition) is 2. The number of amides is 1. The van der Waals surface area contributed by atoms with E-state index in [1.54, 1.807) is 37.5 Å². The smallest absolute Gasteiger partial charge is 0.251 e. The molecular weight excluding hydrogens is 309 g/mol. The van der Waals surface area contributed by atoms with Crippen LogP contribution in [0.5, 0.6) is 0 Å². The number of hydrogen-bond acceptors (Lipinski definition) is 5. The van der Waals surface area contributed by atoms with Gasteiger partial charge in [0.1, 0.15) is 18.0 Å². The number of rotatable bonds is 5. The number of nitrogens with one attached hydrogen (secondary N) is 2. The van der Waals surface area contributed by atoms with E-state index < -0.39 is 0 Å². The largest absolute Gasteiger partial charge is 0.368 e. The van der Waals surface area contributed by atoms with Gasteiger partial charge in [-0.05, 0) is 30.7 Å². The third-order valence-corrected chi connectivity index (χ3v) is 3.57. The molecule has 122 valence electrons. The van der Waals surface area contributed by atoms with Gasteiger partial charge in [-0.1, -0.05) is 6.07 Å². The number of fused-ring (bicyclic) bond motifs is 1. The molecule has 0 aliphatic heterocycles. The fourth-order valence-electron chi connectivity index (χ4n) is 2.23. The Morgan fingerprint density at radius 2 is 2.08 bits per heavy atom. The molecule has 2 N–H and O–H groups in total. The average Bonchev–Trinajstić information content (AvgIpc) is 2.61. The molecule has 6 nitrogen and oxygen atoms in total. The molecule has 0 spiro atoms. The number of nitrogens with zero attached hydrogens (tertiary/aromatic N) is 3. The van der Waals surface area contributed by atoms with Gasteiger partial charge in [0.25, 0.3) is 5.91 Å². The summed E-state index contributed by atoms with van der Waals surface area (Å²) in [6, 6.07) is 6.23. The van der Waals surface area contributed by atoms with Crippen molar-refractivity contribution in [2.24, 2.45) is 0 Å². The number of aryl methyl sites for hydroxylation is 1.